The Labute approximate surface area is 103 Å². The number of hydrogen-bond acceptors (Lipinski definition) is 2. The zero-order chi connectivity index (χ0) is 14.9. The van der Waals surface area contributed by atoms with E-state index >= 15 is 0 Å². The van der Waals surface area contributed by atoms with E-state index in [1.54, 1.807) is 0 Å². The highest BCUT2D eigenvalue weighted by molar-refractivity contribution is 6.08. The zero-order valence-corrected chi connectivity index (χ0v) is 9.44. The highest BCUT2D eigenvalue weighted by Crippen LogP contribution is 2.26. The van der Waals surface area contributed by atoms with Crippen LogP contribution in [0.25, 0.3) is 0 Å². The van der Waals surface area contributed by atoms with Gasteiger partial charge in [-0.15, -0.1) is 0 Å². The van der Waals surface area contributed by atoms with E-state index < -0.39 is 52.3 Å². The smallest absolute Gasteiger partial charge is 0.314 e. The fourth-order valence-corrected chi connectivity index (χ4v) is 1.47. The van der Waals surface area contributed by atoms with Crippen molar-refractivity contribution in [1.82, 2.24) is 0 Å². The molecule has 0 fully saturated rings. The van der Waals surface area contributed by atoms with E-state index in [1.807, 2.05) is 0 Å². The van der Waals surface area contributed by atoms with Crippen molar-refractivity contribution in [3.63, 3.8) is 0 Å². The number of carboxylic acid groups (broad SMARTS) is 1. The monoisotopic (exact) mass is 282 g/mol. The average Bonchev–Trinajstić information content (AvgIpc) is 2.34. The second kappa shape index (κ2) is 5.33. The summed E-state index contributed by atoms with van der Waals surface area (Å²) >= 11 is 0. The topological polar surface area (TPSA) is 54.4 Å². The molecule has 19 heavy (non-hydrogen) atoms. The van der Waals surface area contributed by atoms with E-state index in [9.17, 15) is 31.5 Å². The molecule has 0 aromatic heterocycles. The Kier molecular flexibility index (Phi) is 4.23. The molecule has 0 saturated carbocycles. The third-order valence-electron chi connectivity index (χ3n) is 2.48. The number of benzene rings is 1. The van der Waals surface area contributed by atoms with Gasteiger partial charge in [0.25, 0.3) is 0 Å². The van der Waals surface area contributed by atoms with Gasteiger partial charge in [-0.2, -0.15) is 0 Å². The molecule has 1 rings (SSSR count). The number of ketones is 1. The number of carboxylic acids is 1. The first kappa shape index (κ1) is 15.1. The van der Waals surface area contributed by atoms with E-state index in [0.717, 1.165) is 0 Å². The fraction of sp³-hybridized carbons (Fsp3) is 0.273. The number of rotatable bonds is 4. The van der Waals surface area contributed by atoms with Crippen LogP contribution in [0.2, 0.25) is 0 Å². The minimum Gasteiger partial charge on any atom is -0.481 e. The molecule has 1 aromatic rings. The van der Waals surface area contributed by atoms with Crippen molar-refractivity contribution in [2.45, 2.75) is 13.3 Å². The lowest BCUT2D eigenvalue weighted by Gasteiger charge is -2.11. The molecular weight excluding hydrogens is 275 g/mol. The number of Topliss-reactive ketones (excluding diaryl/α,β-unsaturated/α-hetero) is 1. The molecule has 0 aliphatic carbocycles. The van der Waals surface area contributed by atoms with Crippen LogP contribution in [0.15, 0.2) is 0 Å². The van der Waals surface area contributed by atoms with Gasteiger partial charge < -0.3 is 5.11 Å². The van der Waals surface area contributed by atoms with E-state index in [1.165, 1.54) is 6.92 Å². The Morgan fingerprint density at radius 2 is 1.32 bits per heavy atom. The maximum atomic E-state index is 13.3. The van der Waals surface area contributed by atoms with Gasteiger partial charge in [-0.05, 0) is 6.42 Å². The van der Waals surface area contributed by atoms with Crippen LogP contribution in [0.4, 0.5) is 22.0 Å². The second-order valence-corrected chi connectivity index (χ2v) is 3.61. The minimum atomic E-state index is -2.41. The minimum absolute atomic E-state index is 0.354. The van der Waals surface area contributed by atoms with Crippen molar-refractivity contribution in [1.29, 1.82) is 0 Å². The third-order valence-corrected chi connectivity index (χ3v) is 2.48. The normalized spacial score (nSPS) is 12.3. The number of halogens is 5. The van der Waals surface area contributed by atoms with Crippen LogP contribution in [0.1, 0.15) is 23.7 Å². The Bertz CT molecular complexity index is 527. The fourth-order valence-electron chi connectivity index (χ4n) is 1.47. The van der Waals surface area contributed by atoms with Gasteiger partial charge in [0, 0.05) is 0 Å². The summed E-state index contributed by atoms with van der Waals surface area (Å²) in [6.07, 6.45) is -0.354. The molecule has 0 bridgehead atoms. The molecule has 0 saturated heterocycles. The van der Waals surface area contributed by atoms with Crippen molar-refractivity contribution < 1.29 is 36.6 Å². The maximum Gasteiger partial charge on any atom is 0.314 e. The molecule has 1 aromatic carbocycles. The quantitative estimate of drug-likeness (QED) is 0.304. The Morgan fingerprint density at radius 1 is 0.947 bits per heavy atom. The largest absolute Gasteiger partial charge is 0.481 e. The summed E-state index contributed by atoms with van der Waals surface area (Å²) in [4.78, 5) is 22.2. The lowest BCUT2D eigenvalue weighted by atomic mass is 9.94. The molecule has 0 aliphatic rings. The van der Waals surface area contributed by atoms with Crippen LogP contribution >= 0.6 is 0 Å². The van der Waals surface area contributed by atoms with Gasteiger partial charge >= 0.3 is 5.97 Å². The predicted molar refractivity (Wildman–Crippen MR) is 52.0 cm³/mol. The molecule has 104 valence electrons. The first-order chi connectivity index (χ1) is 8.73. The van der Waals surface area contributed by atoms with Crippen molar-refractivity contribution in [2.75, 3.05) is 0 Å². The standard InChI is InChI=1S/C11H7F5O3/c1-2-3(11(18)19)10(17)4-5(12)7(14)9(16)8(15)6(4)13/h3H,2H2,1H3,(H,18,19). The van der Waals surface area contributed by atoms with E-state index in [0.29, 0.717) is 0 Å². The predicted octanol–water partition coefficient (Wildman–Crippen LogP) is 2.68. The Morgan fingerprint density at radius 3 is 1.63 bits per heavy atom. The molecule has 0 radical (unpaired) electrons. The number of aliphatic carboxylic acids is 1. The van der Waals surface area contributed by atoms with Crippen molar-refractivity contribution in [2.24, 2.45) is 5.92 Å². The number of carbonyl (C=O) groups is 2. The molecule has 1 unspecified atom stereocenters. The van der Waals surface area contributed by atoms with E-state index in [-0.39, 0.29) is 6.42 Å². The van der Waals surface area contributed by atoms with Crippen LogP contribution in [0.5, 0.6) is 0 Å². The molecular formula is C11H7F5O3. The van der Waals surface area contributed by atoms with Crippen LogP contribution in [0, 0.1) is 35.0 Å². The maximum absolute atomic E-state index is 13.3. The summed E-state index contributed by atoms with van der Waals surface area (Å²) < 4.78 is 65.0. The average molecular weight is 282 g/mol. The first-order valence-electron chi connectivity index (χ1n) is 5.02. The zero-order valence-electron chi connectivity index (χ0n) is 9.44. The summed E-state index contributed by atoms with van der Waals surface area (Å²) in [6, 6.07) is 0. The molecule has 0 amide bonds. The summed E-state index contributed by atoms with van der Waals surface area (Å²) in [5, 5.41) is 8.65. The molecule has 1 atom stereocenters. The van der Waals surface area contributed by atoms with Gasteiger partial charge in [0.1, 0.15) is 5.92 Å². The van der Waals surface area contributed by atoms with Crippen molar-refractivity contribution >= 4 is 11.8 Å². The highest BCUT2D eigenvalue weighted by Gasteiger charge is 2.35. The van der Waals surface area contributed by atoms with Gasteiger partial charge in [0.15, 0.2) is 29.1 Å². The number of carbonyl (C=O) groups excluding carboxylic acids is 1. The van der Waals surface area contributed by atoms with Gasteiger partial charge in [-0.3, -0.25) is 9.59 Å². The first-order valence-corrected chi connectivity index (χ1v) is 5.02. The van der Waals surface area contributed by atoms with Crippen LogP contribution in [-0.2, 0) is 4.79 Å². The SMILES string of the molecule is CCC(C(=O)O)C(=O)c1c(F)c(F)c(F)c(F)c1F. The molecule has 0 spiro atoms. The van der Waals surface area contributed by atoms with Crippen molar-refractivity contribution in [3.05, 3.63) is 34.6 Å². The lowest BCUT2D eigenvalue weighted by molar-refractivity contribution is -0.140. The molecule has 3 nitrogen and oxygen atoms in total. The lowest BCUT2D eigenvalue weighted by Crippen LogP contribution is -2.26. The second-order valence-electron chi connectivity index (χ2n) is 3.61. The Hall–Kier alpha value is -1.99. The van der Waals surface area contributed by atoms with Gasteiger partial charge in [-0.1, -0.05) is 6.92 Å². The molecule has 8 heteroatoms. The van der Waals surface area contributed by atoms with Gasteiger partial charge in [0.05, 0.1) is 5.56 Å². The van der Waals surface area contributed by atoms with Crippen LogP contribution in [0.3, 0.4) is 0 Å². The molecule has 1 N–H and O–H groups in total. The highest BCUT2D eigenvalue weighted by atomic mass is 19.2. The summed E-state index contributed by atoms with van der Waals surface area (Å²) in [6.45, 7) is 1.22. The third kappa shape index (κ3) is 2.42. The molecule has 0 heterocycles. The van der Waals surface area contributed by atoms with Crippen LogP contribution in [-0.4, -0.2) is 16.9 Å². The number of hydrogen-bond donors (Lipinski definition) is 1. The Balaban J connectivity index is 3.52. The van der Waals surface area contributed by atoms with E-state index in [2.05, 4.69) is 0 Å². The summed E-state index contributed by atoms with van der Waals surface area (Å²) in [5.74, 6) is -16.9. The van der Waals surface area contributed by atoms with E-state index in [4.69, 9.17) is 5.11 Å². The van der Waals surface area contributed by atoms with Crippen LogP contribution < -0.4 is 0 Å². The van der Waals surface area contributed by atoms with Gasteiger partial charge in [0.2, 0.25) is 5.82 Å². The molecule has 0 aliphatic heterocycles. The van der Waals surface area contributed by atoms with Gasteiger partial charge in [-0.25, -0.2) is 22.0 Å². The summed E-state index contributed by atoms with van der Waals surface area (Å²) in [7, 11) is 0. The van der Waals surface area contributed by atoms with Crippen molar-refractivity contribution in [3.8, 4) is 0 Å². The summed E-state index contributed by atoms with van der Waals surface area (Å²) in [5.41, 5.74) is -1.73.